The van der Waals surface area contributed by atoms with Crippen LogP contribution in [-0.2, 0) is 4.79 Å². The van der Waals surface area contributed by atoms with Crippen LogP contribution < -0.4 is 0 Å². The number of unbranched alkanes of at least 4 members (excludes halogenated alkanes) is 1. The summed E-state index contributed by atoms with van der Waals surface area (Å²) in [7, 11) is 0. The van der Waals surface area contributed by atoms with Crippen molar-refractivity contribution in [2.24, 2.45) is 0 Å². The molecule has 0 radical (unpaired) electrons. The van der Waals surface area contributed by atoms with E-state index in [0.29, 0.717) is 18.2 Å². The van der Waals surface area contributed by atoms with Crippen LogP contribution in [0.1, 0.15) is 12.8 Å². The van der Waals surface area contributed by atoms with Gasteiger partial charge in [-0.15, -0.1) is 11.6 Å². The number of amides is 2. The second-order valence-electron chi connectivity index (χ2n) is 2.50. The Balaban J connectivity index is 2.30. The molecule has 0 atom stereocenters. The predicted octanol–water partition coefficient (Wildman–Crippen LogP) is 1.70. The van der Waals surface area contributed by atoms with Gasteiger partial charge < -0.3 is 0 Å². The number of rotatable bonds is 4. The zero-order valence-corrected chi connectivity index (χ0v) is 8.16. The van der Waals surface area contributed by atoms with Crippen molar-refractivity contribution in [1.29, 1.82) is 0 Å². The van der Waals surface area contributed by atoms with Gasteiger partial charge in [-0.25, -0.2) is 0 Å². The number of nitrogens with zero attached hydrogens (tertiary/aromatic N) is 1. The topological polar surface area (TPSA) is 37.4 Å². The molecule has 0 saturated carbocycles. The highest BCUT2D eigenvalue weighted by atomic mass is 35.5. The van der Waals surface area contributed by atoms with E-state index < -0.39 is 0 Å². The Morgan fingerprint density at radius 1 is 1.42 bits per heavy atom. The number of carbonyl (C=O) groups excluding carboxylic acids is 2. The van der Waals surface area contributed by atoms with Gasteiger partial charge in [0, 0.05) is 12.4 Å². The summed E-state index contributed by atoms with van der Waals surface area (Å²) in [5.41, 5.74) is 0. The molecule has 1 aliphatic heterocycles. The van der Waals surface area contributed by atoms with Crippen LogP contribution in [0.5, 0.6) is 0 Å². The monoisotopic (exact) mass is 207 g/mol. The largest absolute Gasteiger partial charge is 0.288 e. The third-order valence-corrected chi connectivity index (χ3v) is 2.73. The molecule has 12 heavy (non-hydrogen) atoms. The maximum atomic E-state index is 11.0. The van der Waals surface area contributed by atoms with Crippen LogP contribution in [0.25, 0.3) is 0 Å². The van der Waals surface area contributed by atoms with Gasteiger partial charge in [0.1, 0.15) is 0 Å². The van der Waals surface area contributed by atoms with Gasteiger partial charge in [-0.05, 0) is 12.8 Å². The fourth-order valence-corrected chi connectivity index (χ4v) is 1.90. The summed E-state index contributed by atoms with van der Waals surface area (Å²) in [6.45, 7) is 0.525. The maximum Gasteiger partial charge on any atom is 0.288 e. The first-order valence-corrected chi connectivity index (χ1v) is 5.31. The van der Waals surface area contributed by atoms with Crippen molar-refractivity contribution in [1.82, 2.24) is 4.90 Å². The fraction of sp³-hybridized carbons (Fsp3) is 0.714. The highest BCUT2D eigenvalue weighted by molar-refractivity contribution is 8.14. The molecule has 0 spiro atoms. The van der Waals surface area contributed by atoms with Gasteiger partial charge in [0.2, 0.25) is 5.91 Å². The van der Waals surface area contributed by atoms with E-state index in [9.17, 15) is 9.59 Å². The maximum absolute atomic E-state index is 11.0. The molecule has 0 N–H and O–H groups in total. The Hall–Kier alpha value is -0.220. The summed E-state index contributed by atoms with van der Waals surface area (Å²) in [6.07, 6.45) is 1.66. The van der Waals surface area contributed by atoms with E-state index in [0.717, 1.165) is 24.6 Å². The van der Waals surface area contributed by atoms with Crippen molar-refractivity contribution < 1.29 is 9.59 Å². The molecule has 1 rings (SSSR count). The lowest BCUT2D eigenvalue weighted by Crippen LogP contribution is -2.29. The van der Waals surface area contributed by atoms with E-state index in [1.54, 1.807) is 0 Å². The molecule has 1 aliphatic rings. The standard InChI is InChI=1S/C7H10ClNO2S/c8-3-1-2-4-9-6(10)5-12-7(9)11/h1-5H2. The number of hydrogen-bond donors (Lipinski definition) is 0. The average molecular weight is 208 g/mol. The lowest BCUT2D eigenvalue weighted by atomic mass is 10.3. The van der Waals surface area contributed by atoms with Gasteiger partial charge in [-0.1, -0.05) is 11.8 Å². The van der Waals surface area contributed by atoms with Crippen LogP contribution in [-0.4, -0.2) is 34.2 Å². The summed E-state index contributed by atoms with van der Waals surface area (Å²) < 4.78 is 0. The molecule has 1 saturated heterocycles. The minimum Gasteiger partial charge on any atom is -0.273 e. The number of thioether (sulfide) groups is 1. The molecule has 0 aromatic rings. The lowest BCUT2D eigenvalue weighted by Gasteiger charge is -2.10. The highest BCUT2D eigenvalue weighted by Gasteiger charge is 2.28. The third-order valence-electron chi connectivity index (χ3n) is 1.61. The van der Waals surface area contributed by atoms with Crippen LogP contribution in [0.2, 0.25) is 0 Å². The molecule has 0 bridgehead atoms. The number of alkyl halides is 1. The molecule has 5 heteroatoms. The van der Waals surface area contributed by atoms with E-state index >= 15 is 0 Å². The number of hydrogen-bond acceptors (Lipinski definition) is 3. The first-order valence-electron chi connectivity index (χ1n) is 3.79. The Morgan fingerprint density at radius 3 is 2.67 bits per heavy atom. The van der Waals surface area contributed by atoms with Crippen LogP contribution in [0.3, 0.4) is 0 Å². The second-order valence-corrected chi connectivity index (χ2v) is 3.80. The van der Waals surface area contributed by atoms with Gasteiger partial charge in [-0.2, -0.15) is 0 Å². The Kier molecular flexibility index (Phi) is 3.88. The molecular formula is C7H10ClNO2S. The normalized spacial score (nSPS) is 17.6. The smallest absolute Gasteiger partial charge is 0.273 e. The summed E-state index contributed by atoms with van der Waals surface area (Å²) in [4.78, 5) is 23.3. The molecule has 0 aliphatic carbocycles. The first-order chi connectivity index (χ1) is 5.75. The zero-order valence-electron chi connectivity index (χ0n) is 6.59. The van der Waals surface area contributed by atoms with E-state index in [4.69, 9.17) is 11.6 Å². The van der Waals surface area contributed by atoms with Crippen molar-refractivity contribution in [3.63, 3.8) is 0 Å². The van der Waals surface area contributed by atoms with Crippen molar-refractivity contribution in [3.05, 3.63) is 0 Å². The van der Waals surface area contributed by atoms with Gasteiger partial charge in [0.05, 0.1) is 5.75 Å². The summed E-state index contributed by atoms with van der Waals surface area (Å²) >= 11 is 6.54. The Labute approximate surface area is 80.4 Å². The van der Waals surface area contributed by atoms with E-state index in [1.807, 2.05) is 0 Å². The molecule has 3 nitrogen and oxygen atoms in total. The second kappa shape index (κ2) is 4.72. The quantitative estimate of drug-likeness (QED) is 0.520. The van der Waals surface area contributed by atoms with Crippen LogP contribution in [0, 0.1) is 0 Å². The van der Waals surface area contributed by atoms with Crippen molar-refractivity contribution in [3.8, 4) is 0 Å². The van der Waals surface area contributed by atoms with Gasteiger partial charge in [0.25, 0.3) is 5.24 Å². The van der Waals surface area contributed by atoms with Gasteiger partial charge in [-0.3, -0.25) is 14.5 Å². The first kappa shape index (κ1) is 9.86. The molecule has 0 aromatic carbocycles. The molecule has 68 valence electrons. The van der Waals surface area contributed by atoms with Crippen LogP contribution in [0.15, 0.2) is 0 Å². The van der Waals surface area contributed by atoms with Crippen molar-refractivity contribution >= 4 is 34.5 Å². The number of halogens is 1. The predicted molar refractivity (Wildman–Crippen MR) is 49.5 cm³/mol. The fourth-order valence-electron chi connectivity index (χ4n) is 0.962. The molecule has 1 fully saturated rings. The highest BCUT2D eigenvalue weighted by Crippen LogP contribution is 2.18. The molecule has 0 aromatic heterocycles. The number of carbonyl (C=O) groups is 2. The molecule has 1 heterocycles. The summed E-state index contributed by atoms with van der Waals surface area (Å²) in [5, 5.41) is -0.116. The summed E-state index contributed by atoms with van der Waals surface area (Å²) in [6, 6.07) is 0. The van der Waals surface area contributed by atoms with Crippen molar-refractivity contribution in [2.45, 2.75) is 12.8 Å². The SMILES string of the molecule is O=C1CSC(=O)N1CCCCCl. The van der Waals surface area contributed by atoms with Gasteiger partial charge >= 0.3 is 0 Å². The van der Waals surface area contributed by atoms with E-state index in [1.165, 1.54) is 4.90 Å². The minimum atomic E-state index is -0.116. The Morgan fingerprint density at radius 2 is 2.17 bits per heavy atom. The minimum absolute atomic E-state index is 0.0698. The van der Waals surface area contributed by atoms with Crippen LogP contribution in [0.4, 0.5) is 4.79 Å². The molecular weight excluding hydrogens is 198 g/mol. The van der Waals surface area contributed by atoms with E-state index in [2.05, 4.69) is 0 Å². The van der Waals surface area contributed by atoms with Gasteiger partial charge in [0.15, 0.2) is 0 Å². The molecule has 0 unspecified atom stereocenters. The molecule has 2 amide bonds. The zero-order chi connectivity index (χ0) is 8.97. The Bertz CT molecular complexity index is 182. The lowest BCUT2D eigenvalue weighted by molar-refractivity contribution is -0.124. The number of imide groups is 1. The van der Waals surface area contributed by atoms with Crippen molar-refractivity contribution in [2.75, 3.05) is 18.2 Å². The van der Waals surface area contributed by atoms with Crippen LogP contribution >= 0.6 is 23.4 Å². The average Bonchev–Trinajstić information content (AvgIpc) is 2.35. The summed E-state index contributed by atoms with van der Waals surface area (Å²) in [5.74, 6) is 0.822. The van der Waals surface area contributed by atoms with E-state index in [-0.39, 0.29) is 11.1 Å². The third kappa shape index (κ3) is 2.38.